The summed E-state index contributed by atoms with van der Waals surface area (Å²) in [5.41, 5.74) is 0.255. The molecule has 0 amide bonds. The minimum absolute atomic E-state index is 0.127. The van der Waals surface area contributed by atoms with Gasteiger partial charge in [0.1, 0.15) is 0 Å². The molecule has 0 spiro atoms. The van der Waals surface area contributed by atoms with Gasteiger partial charge in [0.25, 0.3) is 0 Å². The van der Waals surface area contributed by atoms with Gasteiger partial charge < -0.3 is 5.11 Å². The Labute approximate surface area is 217 Å². The monoisotopic (exact) mass is 493 g/mol. The van der Waals surface area contributed by atoms with Crippen LogP contribution in [0.5, 0.6) is 0 Å². The molecule has 1 N–H and O–H groups in total. The normalized spacial score (nSPS) is 21.4. The molecule has 4 nitrogen and oxygen atoms in total. The van der Waals surface area contributed by atoms with Gasteiger partial charge in [-0.15, -0.1) is 0 Å². The summed E-state index contributed by atoms with van der Waals surface area (Å²) in [6, 6.07) is 0. The molecule has 206 valence electrons. The summed E-state index contributed by atoms with van der Waals surface area (Å²) in [5.74, 6) is 0.175. The van der Waals surface area contributed by atoms with Crippen molar-refractivity contribution in [3.05, 3.63) is 0 Å². The molecule has 1 saturated carbocycles. The molecule has 2 fully saturated rings. The van der Waals surface area contributed by atoms with Crippen molar-refractivity contribution in [3.8, 4) is 0 Å². The highest BCUT2D eigenvalue weighted by molar-refractivity contribution is 5.66. The number of aliphatic carboxylic acids is 1. The Hall–Kier alpha value is -0.610. The lowest BCUT2D eigenvalue weighted by molar-refractivity contribution is -0.314. The molecule has 1 heterocycles. The zero-order valence-electron chi connectivity index (χ0n) is 23.9. The second-order valence-electron chi connectivity index (χ2n) is 13.1. The van der Waals surface area contributed by atoms with E-state index < -0.39 is 5.97 Å². The molecule has 0 aromatic heterocycles. The minimum Gasteiger partial charge on any atom is -0.481 e. The fourth-order valence-corrected chi connectivity index (χ4v) is 6.93. The zero-order valence-corrected chi connectivity index (χ0v) is 23.9. The standard InChI is InChI=1S/C31H59NO3/c1-30(2)25-27(26-31(3,4)32(30)35-28-22-18-16-19-23-28)21-17-14-12-10-8-6-5-7-9-11-13-15-20-24-29(33)34/h27-28H,5-26H2,1-4H3,(H,33,34). The first-order valence-electron chi connectivity index (χ1n) is 15.4. The second kappa shape index (κ2) is 16.3. The van der Waals surface area contributed by atoms with Gasteiger partial charge in [0.2, 0.25) is 0 Å². The summed E-state index contributed by atoms with van der Waals surface area (Å²) >= 11 is 0. The summed E-state index contributed by atoms with van der Waals surface area (Å²) in [7, 11) is 0. The van der Waals surface area contributed by atoms with Crippen molar-refractivity contribution in [2.24, 2.45) is 5.92 Å². The van der Waals surface area contributed by atoms with Crippen molar-refractivity contribution < 1.29 is 14.7 Å². The minimum atomic E-state index is -0.654. The van der Waals surface area contributed by atoms with E-state index in [0.717, 1.165) is 18.8 Å². The molecule has 35 heavy (non-hydrogen) atoms. The third kappa shape index (κ3) is 12.5. The predicted octanol–water partition coefficient (Wildman–Crippen LogP) is 9.46. The van der Waals surface area contributed by atoms with Crippen LogP contribution in [0.15, 0.2) is 0 Å². The summed E-state index contributed by atoms with van der Waals surface area (Å²) in [5, 5.41) is 11.1. The quantitative estimate of drug-likeness (QED) is 0.193. The first-order valence-corrected chi connectivity index (χ1v) is 15.4. The Morgan fingerprint density at radius 1 is 0.714 bits per heavy atom. The smallest absolute Gasteiger partial charge is 0.303 e. The van der Waals surface area contributed by atoms with E-state index in [4.69, 9.17) is 9.94 Å². The summed E-state index contributed by atoms with van der Waals surface area (Å²) in [6.07, 6.45) is 28.1. The Morgan fingerprint density at radius 3 is 1.60 bits per heavy atom. The summed E-state index contributed by atoms with van der Waals surface area (Å²) in [6.45, 7) is 9.62. The van der Waals surface area contributed by atoms with Gasteiger partial charge in [0, 0.05) is 17.5 Å². The van der Waals surface area contributed by atoms with Crippen LogP contribution in [0.25, 0.3) is 0 Å². The predicted molar refractivity (Wildman–Crippen MR) is 148 cm³/mol. The fraction of sp³-hybridized carbons (Fsp3) is 0.968. The molecule has 0 atom stereocenters. The van der Waals surface area contributed by atoms with Gasteiger partial charge in [0.15, 0.2) is 0 Å². The van der Waals surface area contributed by atoms with Crippen molar-refractivity contribution in [1.29, 1.82) is 0 Å². The molecular weight excluding hydrogens is 434 g/mol. The van der Waals surface area contributed by atoms with Crippen LogP contribution in [0.3, 0.4) is 0 Å². The average Bonchev–Trinajstić information content (AvgIpc) is 2.79. The molecule has 2 rings (SSSR count). The molecule has 0 radical (unpaired) electrons. The zero-order chi connectivity index (χ0) is 25.6. The lowest BCUT2D eigenvalue weighted by Crippen LogP contribution is -2.61. The van der Waals surface area contributed by atoms with Gasteiger partial charge >= 0.3 is 5.97 Å². The van der Waals surface area contributed by atoms with E-state index in [0.29, 0.717) is 12.5 Å². The second-order valence-corrected chi connectivity index (χ2v) is 13.1. The molecule has 2 aliphatic rings. The van der Waals surface area contributed by atoms with Crippen LogP contribution in [0.2, 0.25) is 0 Å². The molecule has 0 aromatic carbocycles. The SMILES string of the molecule is CC1(C)CC(CCCCCCCCCCCCCCCC(=O)O)CC(C)(C)N1OC1CCCCC1. The largest absolute Gasteiger partial charge is 0.481 e. The number of piperidine rings is 1. The maximum Gasteiger partial charge on any atom is 0.303 e. The van der Waals surface area contributed by atoms with Crippen molar-refractivity contribution in [2.75, 3.05) is 0 Å². The highest BCUT2D eigenvalue weighted by Gasteiger charge is 2.47. The van der Waals surface area contributed by atoms with Crippen LogP contribution in [0, 0.1) is 5.92 Å². The first-order chi connectivity index (χ1) is 16.7. The molecule has 0 bridgehead atoms. The van der Waals surface area contributed by atoms with Crippen molar-refractivity contribution in [2.45, 2.75) is 186 Å². The van der Waals surface area contributed by atoms with Crippen LogP contribution < -0.4 is 0 Å². The molecular formula is C31H59NO3. The Balaban J connectivity index is 1.48. The van der Waals surface area contributed by atoms with Crippen molar-refractivity contribution in [3.63, 3.8) is 0 Å². The highest BCUT2D eigenvalue weighted by Crippen LogP contribution is 2.44. The number of hydrogen-bond acceptors (Lipinski definition) is 3. The van der Waals surface area contributed by atoms with Gasteiger partial charge in [-0.25, -0.2) is 0 Å². The van der Waals surface area contributed by atoms with E-state index >= 15 is 0 Å². The summed E-state index contributed by atoms with van der Waals surface area (Å²) in [4.78, 5) is 17.2. The van der Waals surface area contributed by atoms with Gasteiger partial charge in [-0.3, -0.25) is 9.63 Å². The van der Waals surface area contributed by atoms with Crippen LogP contribution in [0.1, 0.15) is 169 Å². The topological polar surface area (TPSA) is 49.8 Å². The number of rotatable bonds is 18. The van der Waals surface area contributed by atoms with E-state index in [1.807, 2.05) is 0 Å². The lowest BCUT2D eigenvalue weighted by Gasteiger charge is -2.55. The van der Waals surface area contributed by atoms with Gasteiger partial charge in [-0.1, -0.05) is 103 Å². The van der Waals surface area contributed by atoms with E-state index in [1.54, 1.807) is 0 Å². The third-order valence-corrected chi connectivity index (χ3v) is 8.49. The first kappa shape index (κ1) is 30.6. The maximum atomic E-state index is 10.5. The van der Waals surface area contributed by atoms with Crippen LogP contribution >= 0.6 is 0 Å². The van der Waals surface area contributed by atoms with E-state index in [1.165, 1.54) is 122 Å². The molecule has 0 aromatic rings. The Kier molecular flexibility index (Phi) is 14.2. The number of hydrogen-bond donors (Lipinski definition) is 1. The summed E-state index contributed by atoms with van der Waals surface area (Å²) < 4.78 is 0. The molecule has 1 saturated heterocycles. The van der Waals surface area contributed by atoms with Gasteiger partial charge in [-0.05, 0) is 65.7 Å². The molecule has 1 aliphatic heterocycles. The third-order valence-electron chi connectivity index (χ3n) is 8.49. The van der Waals surface area contributed by atoms with Crippen LogP contribution in [-0.2, 0) is 9.63 Å². The number of carboxylic acid groups (broad SMARTS) is 1. The average molecular weight is 494 g/mol. The Morgan fingerprint density at radius 2 is 1.14 bits per heavy atom. The van der Waals surface area contributed by atoms with Gasteiger partial charge in [-0.2, -0.15) is 5.06 Å². The Bertz CT molecular complexity index is 550. The number of carboxylic acids is 1. The number of hydroxylamine groups is 2. The van der Waals surface area contributed by atoms with Crippen LogP contribution in [0.4, 0.5) is 0 Å². The van der Waals surface area contributed by atoms with Crippen molar-refractivity contribution in [1.82, 2.24) is 5.06 Å². The number of unbranched alkanes of at least 4 members (excludes halogenated alkanes) is 12. The number of nitrogens with zero attached hydrogens (tertiary/aromatic N) is 1. The molecule has 0 unspecified atom stereocenters. The molecule has 4 heteroatoms. The number of carbonyl (C=O) groups is 1. The van der Waals surface area contributed by atoms with E-state index in [-0.39, 0.29) is 11.1 Å². The van der Waals surface area contributed by atoms with Gasteiger partial charge in [0.05, 0.1) is 6.10 Å². The highest BCUT2D eigenvalue weighted by atomic mass is 16.7. The van der Waals surface area contributed by atoms with E-state index in [9.17, 15) is 4.79 Å². The molecule has 1 aliphatic carbocycles. The van der Waals surface area contributed by atoms with E-state index in [2.05, 4.69) is 32.8 Å². The lowest BCUT2D eigenvalue weighted by atomic mass is 9.73. The fourth-order valence-electron chi connectivity index (χ4n) is 6.93. The van der Waals surface area contributed by atoms with Crippen molar-refractivity contribution >= 4 is 5.97 Å². The maximum absolute atomic E-state index is 10.5. The van der Waals surface area contributed by atoms with Crippen LogP contribution in [-0.4, -0.2) is 33.3 Å².